The molecule has 1 aromatic carbocycles. The minimum absolute atomic E-state index is 0.592. The summed E-state index contributed by atoms with van der Waals surface area (Å²) in [5.74, 6) is 1.22. The van der Waals surface area contributed by atoms with Gasteiger partial charge in [-0.3, -0.25) is 0 Å². The molecule has 0 radical (unpaired) electrons. The van der Waals surface area contributed by atoms with E-state index in [0.717, 1.165) is 12.1 Å². The van der Waals surface area contributed by atoms with Crippen molar-refractivity contribution in [3.63, 3.8) is 0 Å². The molecule has 0 amide bonds. The highest BCUT2D eigenvalue weighted by atomic mass is 14.7. The summed E-state index contributed by atoms with van der Waals surface area (Å²) in [6.45, 7) is 11.2. The Bertz CT molecular complexity index is 717. The summed E-state index contributed by atoms with van der Waals surface area (Å²) in [5.41, 5.74) is 8.96. The summed E-state index contributed by atoms with van der Waals surface area (Å²) in [7, 11) is 0. The zero-order valence-corrected chi connectivity index (χ0v) is 14.3. The van der Waals surface area contributed by atoms with Gasteiger partial charge in [0.2, 0.25) is 0 Å². The van der Waals surface area contributed by atoms with Crippen molar-refractivity contribution < 1.29 is 0 Å². The average molecular weight is 291 g/mol. The maximum atomic E-state index is 4.96. The first-order valence-corrected chi connectivity index (χ1v) is 8.24. The average Bonchev–Trinajstić information content (AvgIpc) is 2.44. The van der Waals surface area contributed by atoms with Gasteiger partial charge in [-0.15, -0.1) is 0 Å². The first-order valence-electron chi connectivity index (χ1n) is 8.24. The van der Waals surface area contributed by atoms with Crippen LogP contribution in [0.1, 0.15) is 43.2 Å². The number of allylic oxidation sites excluding steroid dienone is 1. The van der Waals surface area contributed by atoms with Gasteiger partial charge in [-0.25, -0.2) is 4.98 Å². The summed E-state index contributed by atoms with van der Waals surface area (Å²) in [5, 5.41) is 0. The third-order valence-corrected chi connectivity index (χ3v) is 4.59. The lowest BCUT2D eigenvalue weighted by molar-refractivity contribution is 0.577. The van der Waals surface area contributed by atoms with Crippen molar-refractivity contribution in [2.45, 2.75) is 41.0 Å². The van der Waals surface area contributed by atoms with Crippen molar-refractivity contribution >= 4 is 6.08 Å². The topological polar surface area (TPSA) is 12.9 Å². The number of rotatable bonds is 2. The molecule has 2 aromatic rings. The van der Waals surface area contributed by atoms with Gasteiger partial charge in [0.05, 0.1) is 11.4 Å². The number of benzene rings is 1. The van der Waals surface area contributed by atoms with Crippen molar-refractivity contribution in [1.82, 2.24) is 4.98 Å². The smallest absolute Gasteiger partial charge is 0.0709 e. The first-order chi connectivity index (χ1) is 10.4. The lowest BCUT2D eigenvalue weighted by Crippen LogP contribution is -2.14. The maximum absolute atomic E-state index is 4.96. The van der Waals surface area contributed by atoms with E-state index in [0.29, 0.717) is 11.8 Å². The van der Waals surface area contributed by atoms with Crippen LogP contribution in [0.5, 0.6) is 0 Å². The number of nitrogens with zero attached hydrogens (tertiary/aromatic N) is 1. The van der Waals surface area contributed by atoms with Crippen molar-refractivity contribution in [2.24, 2.45) is 11.8 Å². The van der Waals surface area contributed by atoms with Gasteiger partial charge in [0.1, 0.15) is 0 Å². The van der Waals surface area contributed by atoms with Gasteiger partial charge in [-0.2, -0.15) is 0 Å². The predicted molar refractivity (Wildman–Crippen MR) is 94.8 cm³/mol. The SMILES string of the molecule is Cc1cc(C)cc(-c2ccc3c(n2)C=C(C(C)C)C(C)C3)c1. The van der Waals surface area contributed by atoms with Gasteiger partial charge in [0.25, 0.3) is 0 Å². The third-order valence-electron chi connectivity index (χ3n) is 4.59. The standard InChI is InChI=1S/C21H25N/c1-13(2)19-12-21-17(11-16(19)5)6-7-20(22-21)18-9-14(3)8-15(4)10-18/h6-10,12-13,16H,11H2,1-5H3. The molecule has 1 aromatic heterocycles. The molecule has 0 bridgehead atoms. The Labute approximate surface area is 134 Å². The molecule has 0 saturated carbocycles. The van der Waals surface area contributed by atoms with Gasteiger partial charge in [-0.1, -0.05) is 49.6 Å². The molecule has 1 atom stereocenters. The van der Waals surface area contributed by atoms with E-state index in [9.17, 15) is 0 Å². The number of aryl methyl sites for hydroxylation is 2. The molecule has 0 aliphatic heterocycles. The van der Waals surface area contributed by atoms with Crippen LogP contribution < -0.4 is 0 Å². The van der Waals surface area contributed by atoms with E-state index in [-0.39, 0.29) is 0 Å². The third kappa shape index (κ3) is 2.85. The maximum Gasteiger partial charge on any atom is 0.0709 e. The zero-order valence-electron chi connectivity index (χ0n) is 14.3. The molecule has 1 aliphatic carbocycles. The monoisotopic (exact) mass is 291 g/mol. The molecular weight excluding hydrogens is 266 g/mol. The molecule has 0 fully saturated rings. The fraction of sp³-hybridized carbons (Fsp3) is 0.381. The Kier molecular flexibility index (Phi) is 3.90. The Balaban J connectivity index is 2.07. The van der Waals surface area contributed by atoms with Gasteiger partial charge in [0, 0.05) is 5.56 Å². The molecule has 114 valence electrons. The van der Waals surface area contributed by atoms with Crippen molar-refractivity contribution in [3.8, 4) is 11.3 Å². The quantitative estimate of drug-likeness (QED) is 0.702. The number of aromatic nitrogens is 1. The van der Waals surface area contributed by atoms with Crippen molar-refractivity contribution in [1.29, 1.82) is 0 Å². The first kappa shape index (κ1) is 15.0. The summed E-state index contributed by atoms with van der Waals surface area (Å²) in [6.07, 6.45) is 3.43. The van der Waals surface area contributed by atoms with Gasteiger partial charge in [-0.05, 0) is 61.9 Å². The van der Waals surface area contributed by atoms with Crippen LogP contribution in [-0.4, -0.2) is 4.98 Å². The molecule has 1 heteroatoms. The number of hydrogen-bond donors (Lipinski definition) is 0. The molecule has 1 nitrogen and oxygen atoms in total. The number of fused-ring (bicyclic) bond motifs is 1. The van der Waals surface area contributed by atoms with E-state index in [4.69, 9.17) is 4.98 Å². The molecule has 1 unspecified atom stereocenters. The normalized spacial score (nSPS) is 17.4. The van der Waals surface area contributed by atoms with Crippen LogP contribution in [-0.2, 0) is 6.42 Å². The Morgan fingerprint density at radius 3 is 2.36 bits per heavy atom. The van der Waals surface area contributed by atoms with Crippen LogP contribution >= 0.6 is 0 Å². The second-order valence-electron chi connectivity index (χ2n) is 7.02. The van der Waals surface area contributed by atoms with Crippen LogP contribution in [0.15, 0.2) is 35.9 Å². The summed E-state index contributed by atoms with van der Waals surface area (Å²) >= 11 is 0. The summed E-state index contributed by atoms with van der Waals surface area (Å²) in [4.78, 5) is 4.96. The second kappa shape index (κ2) is 5.72. The molecule has 3 rings (SSSR count). The van der Waals surface area contributed by atoms with Gasteiger partial charge in [0.15, 0.2) is 0 Å². The Morgan fingerprint density at radius 1 is 1.05 bits per heavy atom. The van der Waals surface area contributed by atoms with Crippen LogP contribution in [0.2, 0.25) is 0 Å². The molecule has 1 heterocycles. The van der Waals surface area contributed by atoms with Crippen LogP contribution in [0.25, 0.3) is 17.3 Å². The number of hydrogen-bond acceptors (Lipinski definition) is 1. The van der Waals surface area contributed by atoms with Crippen LogP contribution in [0, 0.1) is 25.7 Å². The largest absolute Gasteiger partial charge is 0.248 e. The van der Waals surface area contributed by atoms with Crippen molar-refractivity contribution in [2.75, 3.05) is 0 Å². The molecule has 0 N–H and O–H groups in total. The van der Waals surface area contributed by atoms with Crippen LogP contribution in [0.4, 0.5) is 0 Å². The summed E-state index contributed by atoms with van der Waals surface area (Å²) < 4.78 is 0. The predicted octanol–water partition coefficient (Wildman–Crippen LogP) is 5.60. The second-order valence-corrected chi connectivity index (χ2v) is 7.02. The Morgan fingerprint density at radius 2 is 1.73 bits per heavy atom. The molecule has 0 spiro atoms. The van der Waals surface area contributed by atoms with E-state index in [2.05, 4.69) is 71.0 Å². The zero-order chi connectivity index (χ0) is 15.9. The molecule has 22 heavy (non-hydrogen) atoms. The van der Waals surface area contributed by atoms with Gasteiger partial charge < -0.3 is 0 Å². The lowest BCUT2D eigenvalue weighted by atomic mass is 9.81. The van der Waals surface area contributed by atoms with E-state index in [1.807, 2.05) is 0 Å². The highest BCUT2D eigenvalue weighted by molar-refractivity contribution is 5.66. The van der Waals surface area contributed by atoms with Crippen molar-refractivity contribution in [3.05, 3.63) is 58.3 Å². The molecular formula is C21H25N. The summed E-state index contributed by atoms with van der Waals surface area (Å²) in [6, 6.07) is 11.1. The Hall–Kier alpha value is -1.89. The lowest BCUT2D eigenvalue weighted by Gasteiger charge is -2.25. The fourth-order valence-corrected chi connectivity index (χ4v) is 3.57. The van der Waals surface area contributed by atoms with E-state index >= 15 is 0 Å². The van der Waals surface area contributed by atoms with Gasteiger partial charge >= 0.3 is 0 Å². The molecule has 0 saturated heterocycles. The highest BCUT2D eigenvalue weighted by Crippen LogP contribution is 2.33. The highest BCUT2D eigenvalue weighted by Gasteiger charge is 2.20. The fourth-order valence-electron chi connectivity index (χ4n) is 3.57. The minimum atomic E-state index is 0.592. The van der Waals surface area contributed by atoms with E-state index in [1.165, 1.54) is 33.5 Å². The minimum Gasteiger partial charge on any atom is -0.248 e. The number of pyridine rings is 1. The van der Waals surface area contributed by atoms with E-state index in [1.54, 1.807) is 0 Å². The molecule has 1 aliphatic rings. The van der Waals surface area contributed by atoms with Crippen LogP contribution in [0.3, 0.4) is 0 Å². The van der Waals surface area contributed by atoms with E-state index < -0.39 is 0 Å².